The normalized spacial score (nSPS) is 27.6. The SMILES string of the molecule is OC1(CNCC2CN(c3cc4c(nn3)CCCC4)C2)CCCOC1. The van der Waals surface area contributed by atoms with E-state index in [1.807, 2.05) is 0 Å². The lowest BCUT2D eigenvalue weighted by Gasteiger charge is -2.41. The minimum absolute atomic E-state index is 0.460. The Balaban J connectivity index is 1.22. The fourth-order valence-electron chi connectivity index (χ4n) is 4.01. The van der Waals surface area contributed by atoms with Gasteiger partial charge in [-0.2, -0.15) is 5.10 Å². The zero-order valence-electron chi connectivity index (χ0n) is 14.3. The smallest absolute Gasteiger partial charge is 0.151 e. The largest absolute Gasteiger partial charge is 0.386 e. The lowest BCUT2D eigenvalue weighted by molar-refractivity contribution is -0.0835. The summed E-state index contributed by atoms with van der Waals surface area (Å²) in [6.45, 7) is 4.85. The van der Waals surface area contributed by atoms with Gasteiger partial charge in [-0.3, -0.25) is 0 Å². The third-order valence-corrected chi connectivity index (χ3v) is 5.53. The third kappa shape index (κ3) is 3.55. The molecule has 3 heterocycles. The van der Waals surface area contributed by atoms with Crippen LogP contribution in [0.5, 0.6) is 0 Å². The molecule has 132 valence electrons. The molecule has 1 unspecified atom stereocenters. The first-order valence-corrected chi connectivity index (χ1v) is 9.33. The highest BCUT2D eigenvalue weighted by Gasteiger charge is 2.32. The molecule has 24 heavy (non-hydrogen) atoms. The van der Waals surface area contributed by atoms with Gasteiger partial charge in [0.2, 0.25) is 0 Å². The van der Waals surface area contributed by atoms with Gasteiger partial charge in [-0.1, -0.05) is 0 Å². The van der Waals surface area contributed by atoms with Gasteiger partial charge in [-0.25, -0.2) is 0 Å². The van der Waals surface area contributed by atoms with Crippen molar-refractivity contribution in [2.75, 3.05) is 44.3 Å². The molecule has 1 aromatic heterocycles. The molecule has 2 aliphatic heterocycles. The molecule has 3 aliphatic rings. The maximum Gasteiger partial charge on any atom is 0.151 e. The molecule has 2 N–H and O–H groups in total. The molecule has 4 rings (SSSR count). The molecule has 0 spiro atoms. The average molecular weight is 332 g/mol. The van der Waals surface area contributed by atoms with E-state index in [1.54, 1.807) is 0 Å². The molecule has 0 saturated carbocycles. The highest BCUT2D eigenvalue weighted by atomic mass is 16.5. The number of aryl methyl sites for hydroxylation is 2. The summed E-state index contributed by atoms with van der Waals surface area (Å²) in [6.07, 6.45) is 6.54. The van der Waals surface area contributed by atoms with E-state index in [0.717, 1.165) is 57.7 Å². The number of nitrogens with one attached hydrogen (secondary N) is 1. The van der Waals surface area contributed by atoms with Crippen LogP contribution in [0.25, 0.3) is 0 Å². The Bertz CT molecular complexity index is 568. The van der Waals surface area contributed by atoms with Crippen LogP contribution in [0.4, 0.5) is 5.82 Å². The fraction of sp³-hybridized carbons (Fsp3) is 0.778. The molecule has 1 aliphatic carbocycles. The Morgan fingerprint density at radius 3 is 2.96 bits per heavy atom. The quantitative estimate of drug-likeness (QED) is 0.836. The van der Waals surface area contributed by atoms with Crippen LogP contribution in [0.3, 0.4) is 0 Å². The summed E-state index contributed by atoms with van der Waals surface area (Å²) in [5.74, 6) is 1.65. The predicted molar refractivity (Wildman–Crippen MR) is 92.2 cm³/mol. The number of anilines is 1. The van der Waals surface area contributed by atoms with Crippen molar-refractivity contribution in [2.24, 2.45) is 5.92 Å². The molecular formula is C18H28N4O2. The van der Waals surface area contributed by atoms with Gasteiger partial charge in [0.25, 0.3) is 0 Å². The van der Waals surface area contributed by atoms with E-state index in [0.29, 0.717) is 19.1 Å². The average Bonchev–Trinajstić information content (AvgIpc) is 2.57. The molecular weight excluding hydrogens is 304 g/mol. The number of hydrogen-bond donors (Lipinski definition) is 2. The van der Waals surface area contributed by atoms with Gasteiger partial charge in [-0.05, 0) is 50.2 Å². The number of nitrogens with zero attached hydrogens (tertiary/aromatic N) is 3. The van der Waals surface area contributed by atoms with Gasteiger partial charge in [0, 0.05) is 38.7 Å². The predicted octanol–water partition coefficient (Wildman–Crippen LogP) is 0.923. The second kappa shape index (κ2) is 6.94. The maximum atomic E-state index is 10.4. The number of hydrogen-bond acceptors (Lipinski definition) is 6. The molecule has 0 bridgehead atoms. The molecule has 6 heteroatoms. The van der Waals surface area contributed by atoms with Gasteiger partial charge < -0.3 is 20.1 Å². The van der Waals surface area contributed by atoms with Gasteiger partial charge >= 0.3 is 0 Å². The summed E-state index contributed by atoms with van der Waals surface area (Å²) in [5.41, 5.74) is 1.92. The van der Waals surface area contributed by atoms with E-state index in [9.17, 15) is 5.11 Å². The summed E-state index contributed by atoms with van der Waals surface area (Å²) in [5, 5.41) is 22.7. The van der Waals surface area contributed by atoms with Crippen LogP contribution in [-0.4, -0.2) is 60.3 Å². The van der Waals surface area contributed by atoms with Crippen molar-refractivity contribution in [1.82, 2.24) is 15.5 Å². The zero-order valence-corrected chi connectivity index (χ0v) is 14.3. The number of rotatable bonds is 5. The Morgan fingerprint density at radius 1 is 1.25 bits per heavy atom. The first-order valence-electron chi connectivity index (χ1n) is 9.33. The standard InChI is InChI=1S/C18H28N4O2/c23-18(6-3-7-24-13-18)12-19-9-14-10-22(11-14)17-8-15-4-1-2-5-16(15)20-21-17/h8,14,19,23H,1-7,9-13H2. The zero-order chi connectivity index (χ0) is 16.4. The van der Waals surface area contributed by atoms with Crippen LogP contribution in [0.2, 0.25) is 0 Å². The summed E-state index contributed by atoms with van der Waals surface area (Å²) < 4.78 is 5.39. The van der Waals surface area contributed by atoms with Gasteiger partial charge in [-0.15, -0.1) is 5.10 Å². The van der Waals surface area contributed by atoms with E-state index in [1.165, 1.54) is 24.1 Å². The third-order valence-electron chi connectivity index (χ3n) is 5.53. The highest BCUT2D eigenvalue weighted by Crippen LogP contribution is 2.26. The summed E-state index contributed by atoms with van der Waals surface area (Å²) in [6, 6.07) is 2.24. The lowest BCUT2D eigenvalue weighted by atomic mass is 9.94. The van der Waals surface area contributed by atoms with Crippen LogP contribution < -0.4 is 10.2 Å². The van der Waals surface area contributed by atoms with Crippen LogP contribution >= 0.6 is 0 Å². The minimum atomic E-state index is -0.675. The topological polar surface area (TPSA) is 70.5 Å². The first kappa shape index (κ1) is 16.2. The lowest BCUT2D eigenvalue weighted by Crippen LogP contribution is -2.54. The van der Waals surface area contributed by atoms with Crippen LogP contribution in [0, 0.1) is 5.92 Å². The maximum absolute atomic E-state index is 10.4. The Labute approximate surface area is 143 Å². The number of ether oxygens (including phenoxy) is 1. The Hall–Kier alpha value is -1.24. The van der Waals surface area contributed by atoms with E-state index in [2.05, 4.69) is 26.5 Å². The molecule has 2 fully saturated rings. The first-order chi connectivity index (χ1) is 11.7. The van der Waals surface area contributed by atoms with Crippen LogP contribution in [0.1, 0.15) is 36.9 Å². The van der Waals surface area contributed by atoms with E-state index in [4.69, 9.17) is 4.74 Å². The molecule has 1 atom stereocenters. The highest BCUT2D eigenvalue weighted by molar-refractivity contribution is 5.44. The second-order valence-corrected chi connectivity index (χ2v) is 7.66. The molecule has 1 aromatic rings. The Kier molecular flexibility index (Phi) is 4.70. The second-order valence-electron chi connectivity index (χ2n) is 7.66. The minimum Gasteiger partial charge on any atom is -0.386 e. The van der Waals surface area contributed by atoms with Crippen molar-refractivity contribution in [3.05, 3.63) is 17.3 Å². The van der Waals surface area contributed by atoms with Crippen LogP contribution in [0.15, 0.2) is 6.07 Å². The van der Waals surface area contributed by atoms with E-state index < -0.39 is 5.60 Å². The van der Waals surface area contributed by atoms with Gasteiger partial charge in [0.05, 0.1) is 12.3 Å². The van der Waals surface area contributed by atoms with E-state index >= 15 is 0 Å². The molecule has 2 saturated heterocycles. The van der Waals surface area contributed by atoms with Crippen molar-refractivity contribution >= 4 is 5.82 Å². The van der Waals surface area contributed by atoms with Crippen molar-refractivity contribution in [1.29, 1.82) is 0 Å². The fourth-order valence-corrected chi connectivity index (χ4v) is 4.01. The number of aliphatic hydroxyl groups is 1. The van der Waals surface area contributed by atoms with Crippen molar-refractivity contribution in [2.45, 2.75) is 44.1 Å². The van der Waals surface area contributed by atoms with Crippen molar-refractivity contribution in [3.8, 4) is 0 Å². The number of fused-ring (bicyclic) bond motifs is 1. The van der Waals surface area contributed by atoms with E-state index in [-0.39, 0.29) is 0 Å². The molecule has 0 aromatic carbocycles. The monoisotopic (exact) mass is 332 g/mol. The Morgan fingerprint density at radius 2 is 2.12 bits per heavy atom. The van der Waals surface area contributed by atoms with Gasteiger partial charge in [0.15, 0.2) is 5.82 Å². The summed E-state index contributed by atoms with van der Waals surface area (Å²) in [7, 11) is 0. The summed E-state index contributed by atoms with van der Waals surface area (Å²) >= 11 is 0. The van der Waals surface area contributed by atoms with Crippen LogP contribution in [-0.2, 0) is 17.6 Å². The molecule has 0 amide bonds. The molecule has 6 nitrogen and oxygen atoms in total. The molecule has 0 radical (unpaired) electrons. The summed E-state index contributed by atoms with van der Waals surface area (Å²) in [4.78, 5) is 2.31. The van der Waals surface area contributed by atoms with Gasteiger partial charge in [0.1, 0.15) is 5.60 Å². The van der Waals surface area contributed by atoms with Crippen molar-refractivity contribution < 1.29 is 9.84 Å². The number of aromatic nitrogens is 2. The van der Waals surface area contributed by atoms with Crippen molar-refractivity contribution in [3.63, 3.8) is 0 Å².